The van der Waals surface area contributed by atoms with Crippen LogP contribution in [0.3, 0.4) is 0 Å². The lowest BCUT2D eigenvalue weighted by molar-refractivity contribution is 0.266. The molecule has 0 saturated heterocycles. The van der Waals surface area contributed by atoms with E-state index in [9.17, 15) is 5.11 Å². The molecule has 136 valence electrons. The van der Waals surface area contributed by atoms with E-state index in [1.807, 2.05) is 31.2 Å². The average molecular weight is 352 g/mol. The van der Waals surface area contributed by atoms with Crippen LogP contribution in [0.2, 0.25) is 0 Å². The van der Waals surface area contributed by atoms with Crippen molar-refractivity contribution in [2.75, 3.05) is 11.9 Å². The Bertz CT molecular complexity index is 864. The first-order chi connectivity index (χ1) is 12.7. The number of pyridine rings is 1. The van der Waals surface area contributed by atoms with Gasteiger partial charge in [-0.2, -0.15) is 0 Å². The van der Waals surface area contributed by atoms with Gasteiger partial charge in [0.15, 0.2) is 11.6 Å². The average Bonchev–Trinajstić information content (AvgIpc) is 2.67. The lowest BCUT2D eigenvalue weighted by atomic mass is 10.1. The van der Waals surface area contributed by atoms with Gasteiger partial charge >= 0.3 is 0 Å². The maximum atomic E-state index is 9.55. The summed E-state index contributed by atoms with van der Waals surface area (Å²) in [4.78, 5) is 13.1. The van der Waals surface area contributed by atoms with E-state index in [4.69, 9.17) is 4.74 Å². The van der Waals surface area contributed by atoms with Gasteiger partial charge in [-0.15, -0.1) is 0 Å². The molecule has 0 aliphatic carbocycles. The van der Waals surface area contributed by atoms with Crippen molar-refractivity contribution >= 4 is 16.6 Å². The van der Waals surface area contributed by atoms with Gasteiger partial charge < -0.3 is 15.2 Å². The second-order valence-corrected chi connectivity index (χ2v) is 6.21. The van der Waals surface area contributed by atoms with Gasteiger partial charge in [0, 0.05) is 11.6 Å². The van der Waals surface area contributed by atoms with Crippen LogP contribution < -0.4 is 10.1 Å². The van der Waals surface area contributed by atoms with Crippen LogP contribution in [-0.4, -0.2) is 32.7 Å². The molecule has 0 fully saturated rings. The first kappa shape index (κ1) is 18.1. The molecule has 0 spiro atoms. The number of nitrogens with zero attached hydrogens (tertiary/aromatic N) is 3. The topological polar surface area (TPSA) is 80.2 Å². The molecule has 0 amide bonds. The molecular weight excluding hydrogens is 328 g/mol. The molecule has 0 radical (unpaired) electrons. The van der Waals surface area contributed by atoms with Crippen LogP contribution in [0.1, 0.15) is 31.3 Å². The molecule has 6 nitrogen and oxygen atoms in total. The van der Waals surface area contributed by atoms with Crippen LogP contribution in [0.25, 0.3) is 10.8 Å². The van der Waals surface area contributed by atoms with Crippen LogP contribution in [0.15, 0.2) is 42.7 Å². The number of hydrogen-bond donors (Lipinski definition) is 2. The third-order valence-electron chi connectivity index (χ3n) is 4.19. The minimum Gasteiger partial charge on any atom is -0.482 e. The molecule has 0 unspecified atom stereocenters. The molecule has 2 aromatic heterocycles. The minimum atomic E-state index is -0.0627. The number of aryl methyl sites for hydroxylation is 1. The molecule has 3 rings (SSSR count). The summed E-state index contributed by atoms with van der Waals surface area (Å²) >= 11 is 0. The van der Waals surface area contributed by atoms with Gasteiger partial charge in [0.2, 0.25) is 0 Å². The number of aliphatic hydroxyl groups excluding tert-OH is 1. The molecule has 6 heteroatoms. The first-order valence-corrected chi connectivity index (χ1v) is 8.87. The number of anilines is 1. The smallest absolute Gasteiger partial charge is 0.180 e. The fraction of sp³-hybridized carbons (Fsp3) is 0.350. The zero-order valence-electron chi connectivity index (χ0n) is 15.1. The highest BCUT2D eigenvalue weighted by Gasteiger charge is 2.13. The predicted molar refractivity (Wildman–Crippen MR) is 102 cm³/mol. The van der Waals surface area contributed by atoms with E-state index in [1.165, 1.54) is 0 Å². The molecular formula is C20H24N4O2. The van der Waals surface area contributed by atoms with Crippen molar-refractivity contribution in [1.29, 1.82) is 0 Å². The molecule has 2 heterocycles. The third kappa shape index (κ3) is 4.26. The molecule has 1 aromatic carbocycles. The van der Waals surface area contributed by atoms with Crippen molar-refractivity contribution in [3.05, 3.63) is 54.2 Å². The van der Waals surface area contributed by atoms with Crippen molar-refractivity contribution in [2.24, 2.45) is 0 Å². The lowest BCUT2D eigenvalue weighted by Gasteiger charge is -2.18. The van der Waals surface area contributed by atoms with Gasteiger partial charge in [0.25, 0.3) is 0 Å². The molecule has 0 aliphatic heterocycles. The Kier molecular flexibility index (Phi) is 5.96. The zero-order valence-corrected chi connectivity index (χ0v) is 15.1. The lowest BCUT2D eigenvalue weighted by Crippen LogP contribution is -2.24. The Morgan fingerprint density at radius 3 is 2.85 bits per heavy atom. The maximum Gasteiger partial charge on any atom is 0.180 e. The van der Waals surface area contributed by atoms with Crippen LogP contribution >= 0.6 is 0 Å². The van der Waals surface area contributed by atoms with E-state index in [-0.39, 0.29) is 12.6 Å². The zero-order chi connectivity index (χ0) is 18.4. The van der Waals surface area contributed by atoms with Gasteiger partial charge in [0.1, 0.15) is 12.4 Å². The van der Waals surface area contributed by atoms with Crippen molar-refractivity contribution in [2.45, 2.75) is 39.3 Å². The van der Waals surface area contributed by atoms with Gasteiger partial charge in [0.05, 0.1) is 24.5 Å². The fourth-order valence-corrected chi connectivity index (χ4v) is 2.86. The number of rotatable bonds is 8. The Balaban J connectivity index is 1.81. The SMILES string of the molecule is CCC[C@@H](CO)Nc1nc(C)ncc1OCc1nccc2ccccc12. The highest BCUT2D eigenvalue weighted by atomic mass is 16.5. The largest absolute Gasteiger partial charge is 0.482 e. The van der Waals surface area contributed by atoms with Gasteiger partial charge in [-0.05, 0) is 24.8 Å². The second kappa shape index (κ2) is 8.58. The Morgan fingerprint density at radius 1 is 1.19 bits per heavy atom. The van der Waals surface area contributed by atoms with E-state index < -0.39 is 0 Å². The number of hydrogen-bond acceptors (Lipinski definition) is 6. The molecule has 3 aromatic rings. The number of nitrogens with one attached hydrogen (secondary N) is 1. The molecule has 0 aliphatic rings. The van der Waals surface area contributed by atoms with Gasteiger partial charge in [-0.3, -0.25) is 4.98 Å². The van der Waals surface area contributed by atoms with E-state index in [2.05, 4.69) is 33.3 Å². The van der Waals surface area contributed by atoms with Crippen LogP contribution in [0, 0.1) is 6.92 Å². The minimum absolute atomic E-state index is 0.0429. The standard InChI is InChI=1S/C20H24N4O2/c1-3-6-16(12-25)24-20-19(11-22-14(2)23-20)26-13-18-17-8-5-4-7-15(17)9-10-21-18/h4-5,7-11,16,25H,3,6,12-13H2,1-2H3,(H,22,23,24)/t16-/m0/s1. The molecule has 0 bridgehead atoms. The normalized spacial score (nSPS) is 12.1. The number of aromatic nitrogens is 3. The fourth-order valence-electron chi connectivity index (χ4n) is 2.86. The van der Waals surface area contributed by atoms with E-state index in [0.717, 1.165) is 29.3 Å². The molecule has 0 saturated carbocycles. The summed E-state index contributed by atoms with van der Waals surface area (Å²) in [5, 5.41) is 15.0. The monoisotopic (exact) mass is 352 g/mol. The van der Waals surface area contributed by atoms with Gasteiger partial charge in [-0.1, -0.05) is 37.6 Å². The Labute approximate surface area is 153 Å². The Hall–Kier alpha value is -2.73. The summed E-state index contributed by atoms with van der Waals surface area (Å²) in [7, 11) is 0. The van der Waals surface area contributed by atoms with Crippen molar-refractivity contribution in [3.8, 4) is 5.75 Å². The van der Waals surface area contributed by atoms with E-state index >= 15 is 0 Å². The summed E-state index contributed by atoms with van der Waals surface area (Å²) < 4.78 is 5.98. The predicted octanol–water partition coefficient (Wildman–Crippen LogP) is 3.49. The van der Waals surface area contributed by atoms with E-state index in [0.29, 0.717) is 24.0 Å². The maximum absolute atomic E-state index is 9.55. The van der Waals surface area contributed by atoms with Crippen molar-refractivity contribution < 1.29 is 9.84 Å². The molecule has 26 heavy (non-hydrogen) atoms. The van der Waals surface area contributed by atoms with Crippen molar-refractivity contribution in [1.82, 2.24) is 15.0 Å². The number of aliphatic hydroxyl groups is 1. The highest BCUT2D eigenvalue weighted by molar-refractivity contribution is 5.84. The van der Waals surface area contributed by atoms with Crippen LogP contribution in [-0.2, 0) is 6.61 Å². The summed E-state index contributed by atoms with van der Waals surface area (Å²) in [6.07, 6.45) is 5.27. The second-order valence-electron chi connectivity index (χ2n) is 6.21. The summed E-state index contributed by atoms with van der Waals surface area (Å²) in [5.41, 5.74) is 0.863. The van der Waals surface area contributed by atoms with Crippen LogP contribution in [0.4, 0.5) is 5.82 Å². The quantitative estimate of drug-likeness (QED) is 0.646. The third-order valence-corrected chi connectivity index (χ3v) is 4.19. The van der Waals surface area contributed by atoms with Crippen molar-refractivity contribution in [3.63, 3.8) is 0 Å². The summed E-state index contributed by atoms with van der Waals surface area (Å²) in [5.74, 6) is 1.81. The summed E-state index contributed by atoms with van der Waals surface area (Å²) in [6.45, 7) is 4.27. The summed E-state index contributed by atoms with van der Waals surface area (Å²) in [6, 6.07) is 10.0. The highest BCUT2D eigenvalue weighted by Crippen LogP contribution is 2.25. The number of ether oxygens (including phenoxy) is 1. The number of fused-ring (bicyclic) bond motifs is 1. The van der Waals surface area contributed by atoms with Crippen LogP contribution in [0.5, 0.6) is 5.75 Å². The van der Waals surface area contributed by atoms with E-state index in [1.54, 1.807) is 12.4 Å². The first-order valence-electron chi connectivity index (χ1n) is 8.87. The molecule has 1 atom stereocenters. The number of benzene rings is 1. The Morgan fingerprint density at radius 2 is 2.04 bits per heavy atom. The molecule has 2 N–H and O–H groups in total. The van der Waals surface area contributed by atoms with Gasteiger partial charge in [-0.25, -0.2) is 9.97 Å².